The van der Waals surface area contributed by atoms with Crippen molar-refractivity contribution in [3.8, 4) is 0 Å². The van der Waals surface area contributed by atoms with E-state index < -0.39 is 0 Å². The highest BCUT2D eigenvalue weighted by Gasteiger charge is 2.13. The van der Waals surface area contributed by atoms with E-state index in [1.807, 2.05) is 30.3 Å². The first-order valence-corrected chi connectivity index (χ1v) is 6.09. The Morgan fingerprint density at radius 3 is 2.65 bits per heavy atom. The van der Waals surface area contributed by atoms with Crippen LogP contribution in [0, 0.1) is 0 Å². The average Bonchev–Trinajstić information content (AvgIpc) is 2.76. The van der Waals surface area contributed by atoms with Crippen molar-refractivity contribution in [1.82, 2.24) is 9.88 Å². The SMILES string of the molecule is CN(Cc1ccccc1)C(=O)c1cc(Br)c[nH]1. The number of aromatic nitrogens is 1. The van der Waals surface area contributed by atoms with Crippen LogP contribution in [-0.2, 0) is 6.54 Å². The fourth-order valence-electron chi connectivity index (χ4n) is 1.63. The van der Waals surface area contributed by atoms with Gasteiger partial charge in [-0.15, -0.1) is 0 Å². The van der Waals surface area contributed by atoms with Gasteiger partial charge in [-0.1, -0.05) is 30.3 Å². The molecule has 0 radical (unpaired) electrons. The molecule has 4 heteroatoms. The normalized spacial score (nSPS) is 10.2. The highest BCUT2D eigenvalue weighted by Crippen LogP contribution is 2.13. The summed E-state index contributed by atoms with van der Waals surface area (Å²) in [6.07, 6.45) is 1.75. The molecule has 0 spiro atoms. The van der Waals surface area contributed by atoms with Crippen LogP contribution in [0.3, 0.4) is 0 Å². The van der Waals surface area contributed by atoms with Gasteiger partial charge in [0.05, 0.1) is 0 Å². The van der Waals surface area contributed by atoms with Gasteiger partial charge in [0.15, 0.2) is 0 Å². The summed E-state index contributed by atoms with van der Waals surface area (Å²) in [7, 11) is 1.80. The third-order valence-electron chi connectivity index (χ3n) is 2.49. The average molecular weight is 293 g/mol. The standard InChI is InChI=1S/C13H13BrN2O/c1-16(9-10-5-3-2-4-6-10)13(17)12-7-11(14)8-15-12/h2-8,15H,9H2,1H3. The van der Waals surface area contributed by atoms with E-state index in [2.05, 4.69) is 20.9 Å². The van der Waals surface area contributed by atoms with Crippen molar-refractivity contribution >= 4 is 21.8 Å². The van der Waals surface area contributed by atoms with Crippen molar-refractivity contribution in [3.05, 3.63) is 58.3 Å². The van der Waals surface area contributed by atoms with Crippen LogP contribution in [0.15, 0.2) is 47.1 Å². The molecule has 2 rings (SSSR count). The molecule has 2 aromatic rings. The fourth-order valence-corrected chi connectivity index (χ4v) is 1.97. The summed E-state index contributed by atoms with van der Waals surface area (Å²) < 4.78 is 0.883. The second-order valence-electron chi connectivity index (χ2n) is 3.88. The highest BCUT2D eigenvalue weighted by atomic mass is 79.9. The first-order valence-electron chi connectivity index (χ1n) is 5.30. The summed E-state index contributed by atoms with van der Waals surface area (Å²) in [4.78, 5) is 16.7. The summed E-state index contributed by atoms with van der Waals surface area (Å²) in [5, 5.41) is 0. The number of halogens is 1. The van der Waals surface area contributed by atoms with E-state index in [9.17, 15) is 4.79 Å². The van der Waals surface area contributed by atoms with E-state index >= 15 is 0 Å². The summed E-state index contributed by atoms with van der Waals surface area (Å²) >= 11 is 3.31. The van der Waals surface area contributed by atoms with Crippen LogP contribution < -0.4 is 0 Å². The number of benzene rings is 1. The van der Waals surface area contributed by atoms with Crippen LogP contribution in [0.5, 0.6) is 0 Å². The van der Waals surface area contributed by atoms with E-state index in [1.54, 1.807) is 24.2 Å². The first-order chi connectivity index (χ1) is 8.16. The Balaban J connectivity index is 2.06. The fraction of sp³-hybridized carbons (Fsp3) is 0.154. The molecule has 0 bridgehead atoms. The van der Waals surface area contributed by atoms with E-state index in [0.717, 1.165) is 10.0 Å². The van der Waals surface area contributed by atoms with Gasteiger partial charge in [0.2, 0.25) is 0 Å². The van der Waals surface area contributed by atoms with Crippen LogP contribution >= 0.6 is 15.9 Å². The number of carbonyl (C=O) groups is 1. The Morgan fingerprint density at radius 2 is 2.06 bits per heavy atom. The molecule has 0 atom stereocenters. The van der Waals surface area contributed by atoms with E-state index in [4.69, 9.17) is 0 Å². The van der Waals surface area contributed by atoms with Crippen LogP contribution in [0.25, 0.3) is 0 Å². The maximum atomic E-state index is 12.0. The third-order valence-corrected chi connectivity index (χ3v) is 2.95. The van der Waals surface area contributed by atoms with Crippen LogP contribution in [0.2, 0.25) is 0 Å². The summed E-state index contributed by atoms with van der Waals surface area (Å²) in [6.45, 7) is 0.607. The lowest BCUT2D eigenvalue weighted by Crippen LogP contribution is -2.26. The lowest BCUT2D eigenvalue weighted by molar-refractivity contribution is 0.0780. The summed E-state index contributed by atoms with van der Waals surface area (Å²) in [5.41, 5.74) is 1.71. The monoisotopic (exact) mass is 292 g/mol. The van der Waals surface area contributed by atoms with E-state index in [0.29, 0.717) is 12.2 Å². The maximum Gasteiger partial charge on any atom is 0.270 e. The summed E-state index contributed by atoms with van der Waals surface area (Å²) in [5.74, 6) is -0.0143. The van der Waals surface area contributed by atoms with Crippen LogP contribution in [0.1, 0.15) is 16.1 Å². The van der Waals surface area contributed by atoms with Gasteiger partial charge < -0.3 is 9.88 Å². The van der Waals surface area contributed by atoms with Crippen molar-refractivity contribution in [1.29, 1.82) is 0 Å². The molecule has 0 saturated heterocycles. The molecule has 1 amide bonds. The zero-order valence-electron chi connectivity index (χ0n) is 9.48. The number of nitrogens with one attached hydrogen (secondary N) is 1. The zero-order chi connectivity index (χ0) is 12.3. The van der Waals surface area contributed by atoms with Crippen molar-refractivity contribution in [2.24, 2.45) is 0 Å². The van der Waals surface area contributed by atoms with E-state index in [1.165, 1.54) is 0 Å². The zero-order valence-corrected chi connectivity index (χ0v) is 11.1. The molecule has 88 valence electrons. The minimum absolute atomic E-state index is 0.0143. The smallest absolute Gasteiger partial charge is 0.270 e. The molecular weight excluding hydrogens is 280 g/mol. The molecule has 0 saturated carbocycles. The molecule has 1 aromatic carbocycles. The molecule has 0 fully saturated rings. The van der Waals surface area contributed by atoms with Gasteiger partial charge in [0.1, 0.15) is 5.69 Å². The largest absolute Gasteiger partial charge is 0.356 e. The molecule has 0 aliphatic carbocycles. The van der Waals surface area contributed by atoms with Gasteiger partial charge in [-0.25, -0.2) is 0 Å². The molecule has 0 unspecified atom stereocenters. The van der Waals surface area contributed by atoms with Crippen molar-refractivity contribution in [3.63, 3.8) is 0 Å². The van der Waals surface area contributed by atoms with Gasteiger partial charge in [0, 0.05) is 24.3 Å². The second-order valence-corrected chi connectivity index (χ2v) is 4.79. The predicted molar refractivity (Wildman–Crippen MR) is 70.7 cm³/mol. The first kappa shape index (κ1) is 11.9. The molecule has 0 aliphatic rings. The Hall–Kier alpha value is -1.55. The molecule has 0 aliphatic heterocycles. The van der Waals surface area contributed by atoms with Crippen molar-refractivity contribution in [2.75, 3.05) is 7.05 Å². The topological polar surface area (TPSA) is 36.1 Å². The highest BCUT2D eigenvalue weighted by molar-refractivity contribution is 9.10. The Labute approximate surface area is 109 Å². The Bertz CT molecular complexity index is 507. The number of hydrogen-bond acceptors (Lipinski definition) is 1. The number of hydrogen-bond donors (Lipinski definition) is 1. The molecular formula is C13H13BrN2O. The van der Waals surface area contributed by atoms with Gasteiger partial charge in [0.25, 0.3) is 5.91 Å². The maximum absolute atomic E-state index is 12.0. The van der Waals surface area contributed by atoms with Gasteiger partial charge in [-0.2, -0.15) is 0 Å². The van der Waals surface area contributed by atoms with Crippen LogP contribution in [-0.4, -0.2) is 22.8 Å². The van der Waals surface area contributed by atoms with Gasteiger partial charge in [-0.3, -0.25) is 4.79 Å². The second kappa shape index (κ2) is 5.19. The predicted octanol–water partition coefficient (Wildman–Crippen LogP) is 3.05. The Morgan fingerprint density at radius 1 is 1.35 bits per heavy atom. The number of H-pyrrole nitrogens is 1. The lowest BCUT2D eigenvalue weighted by Gasteiger charge is -2.16. The number of carbonyl (C=O) groups excluding carboxylic acids is 1. The molecule has 1 heterocycles. The minimum Gasteiger partial charge on any atom is -0.356 e. The number of amides is 1. The van der Waals surface area contributed by atoms with Gasteiger partial charge >= 0.3 is 0 Å². The number of nitrogens with zero attached hydrogens (tertiary/aromatic N) is 1. The van der Waals surface area contributed by atoms with Gasteiger partial charge in [-0.05, 0) is 27.6 Å². The lowest BCUT2D eigenvalue weighted by atomic mass is 10.2. The quantitative estimate of drug-likeness (QED) is 0.927. The Kier molecular flexibility index (Phi) is 3.64. The molecule has 1 N–H and O–H groups in total. The van der Waals surface area contributed by atoms with Crippen LogP contribution in [0.4, 0.5) is 0 Å². The third kappa shape index (κ3) is 2.97. The number of rotatable bonds is 3. The number of aromatic amines is 1. The summed E-state index contributed by atoms with van der Waals surface area (Å²) in [6, 6.07) is 11.7. The van der Waals surface area contributed by atoms with Crippen molar-refractivity contribution < 1.29 is 4.79 Å². The van der Waals surface area contributed by atoms with Crippen molar-refractivity contribution in [2.45, 2.75) is 6.54 Å². The van der Waals surface area contributed by atoms with E-state index in [-0.39, 0.29) is 5.91 Å². The molecule has 3 nitrogen and oxygen atoms in total. The molecule has 17 heavy (non-hydrogen) atoms. The minimum atomic E-state index is -0.0143. The molecule has 1 aromatic heterocycles.